The van der Waals surface area contributed by atoms with Crippen LogP contribution in [-0.2, 0) is 5.41 Å². The summed E-state index contributed by atoms with van der Waals surface area (Å²) in [4.78, 5) is 5.05. The summed E-state index contributed by atoms with van der Waals surface area (Å²) in [7, 11) is 0. The number of anilines is 6. The summed E-state index contributed by atoms with van der Waals surface area (Å²) >= 11 is 0. The van der Waals surface area contributed by atoms with Gasteiger partial charge in [-0.2, -0.15) is 0 Å². The van der Waals surface area contributed by atoms with Gasteiger partial charge in [-0.1, -0.05) is 147 Å². The molecule has 2 aliphatic carbocycles. The standard InChI is InChI=1S/C52H37BN2/c1-33(2)34-28-29-45-49(30-34)54(35-16-5-3-6-17-35)47-26-15-27-48-51(47)53(45)46-32-44-40(31-50(46)55(48)36-18-7-4-8-19-36)39-22-11-14-25-43(39)52(44)41-23-12-9-20-37(41)38-21-10-13-24-42(38)52/h3-33H,1-2H3. The number of benzene rings is 8. The minimum absolute atomic E-state index is 0.0373. The van der Waals surface area contributed by atoms with Gasteiger partial charge in [0, 0.05) is 34.1 Å². The van der Waals surface area contributed by atoms with Gasteiger partial charge in [-0.3, -0.25) is 0 Å². The van der Waals surface area contributed by atoms with Crippen molar-refractivity contribution in [2.75, 3.05) is 9.80 Å². The lowest BCUT2D eigenvalue weighted by atomic mass is 9.33. The van der Waals surface area contributed by atoms with Crippen LogP contribution >= 0.6 is 0 Å². The van der Waals surface area contributed by atoms with E-state index >= 15 is 0 Å². The Kier molecular flexibility index (Phi) is 6.29. The second-order valence-corrected chi connectivity index (χ2v) is 15.8. The first-order chi connectivity index (χ1) is 27.1. The summed E-state index contributed by atoms with van der Waals surface area (Å²) < 4.78 is 0. The van der Waals surface area contributed by atoms with Gasteiger partial charge in [0.25, 0.3) is 6.71 Å². The van der Waals surface area contributed by atoms with Crippen molar-refractivity contribution in [2.24, 2.45) is 0 Å². The lowest BCUT2D eigenvalue weighted by molar-refractivity contribution is 0.794. The summed E-state index contributed by atoms with van der Waals surface area (Å²) in [6.07, 6.45) is 0. The molecule has 2 heterocycles. The molecule has 0 bridgehead atoms. The number of hydrogen-bond acceptors (Lipinski definition) is 2. The van der Waals surface area contributed by atoms with Gasteiger partial charge in [-0.05, 0) is 121 Å². The topological polar surface area (TPSA) is 6.48 Å². The maximum Gasteiger partial charge on any atom is 0.252 e. The monoisotopic (exact) mass is 700 g/mol. The van der Waals surface area contributed by atoms with Crippen molar-refractivity contribution in [1.29, 1.82) is 0 Å². The predicted octanol–water partition coefficient (Wildman–Crippen LogP) is 11.2. The van der Waals surface area contributed by atoms with Gasteiger partial charge in [0.15, 0.2) is 0 Å². The third-order valence-corrected chi connectivity index (χ3v) is 12.8. The number of para-hydroxylation sites is 2. The van der Waals surface area contributed by atoms with Gasteiger partial charge in [-0.15, -0.1) is 0 Å². The lowest BCUT2D eigenvalue weighted by Gasteiger charge is -2.44. The fraction of sp³-hybridized carbons (Fsp3) is 0.0769. The van der Waals surface area contributed by atoms with Crippen molar-refractivity contribution >= 4 is 57.2 Å². The molecule has 0 saturated carbocycles. The molecule has 258 valence electrons. The van der Waals surface area contributed by atoms with Crippen LogP contribution in [0.4, 0.5) is 34.1 Å². The predicted molar refractivity (Wildman–Crippen MR) is 231 cm³/mol. The molecule has 0 aromatic heterocycles. The molecule has 0 radical (unpaired) electrons. The molecule has 8 aromatic rings. The van der Waals surface area contributed by atoms with Crippen LogP contribution in [0.2, 0.25) is 0 Å². The molecule has 1 spiro atoms. The summed E-state index contributed by atoms with van der Waals surface area (Å²) in [5.74, 6) is 0.409. The third-order valence-electron chi connectivity index (χ3n) is 12.8. The van der Waals surface area contributed by atoms with Crippen LogP contribution in [0, 0.1) is 0 Å². The van der Waals surface area contributed by atoms with Gasteiger partial charge in [-0.25, -0.2) is 0 Å². The quantitative estimate of drug-likeness (QED) is 0.169. The van der Waals surface area contributed by atoms with Crippen molar-refractivity contribution in [2.45, 2.75) is 25.2 Å². The van der Waals surface area contributed by atoms with Crippen LogP contribution in [0.25, 0.3) is 22.3 Å². The zero-order valence-electron chi connectivity index (χ0n) is 30.9. The van der Waals surface area contributed by atoms with Gasteiger partial charge in [0.05, 0.1) is 5.41 Å². The van der Waals surface area contributed by atoms with Crippen molar-refractivity contribution in [1.82, 2.24) is 0 Å². The fourth-order valence-corrected chi connectivity index (χ4v) is 10.6. The maximum atomic E-state index is 2.63. The highest BCUT2D eigenvalue weighted by Crippen LogP contribution is 2.63. The van der Waals surface area contributed by atoms with Crippen LogP contribution in [0.15, 0.2) is 182 Å². The Labute approximate surface area is 323 Å². The van der Waals surface area contributed by atoms with E-state index in [0.29, 0.717) is 5.92 Å². The molecule has 0 unspecified atom stereocenters. The molecule has 3 heteroatoms. The Balaban J connectivity index is 1.22. The Morgan fingerprint density at radius 2 is 0.891 bits per heavy atom. The van der Waals surface area contributed by atoms with E-state index in [1.807, 2.05) is 0 Å². The first-order valence-corrected chi connectivity index (χ1v) is 19.6. The average molecular weight is 701 g/mol. The number of fused-ring (bicyclic) bond motifs is 14. The van der Waals surface area contributed by atoms with Crippen molar-refractivity contribution in [3.63, 3.8) is 0 Å². The minimum atomic E-state index is -0.416. The van der Waals surface area contributed by atoms with Gasteiger partial charge in [0.1, 0.15) is 0 Å². The van der Waals surface area contributed by atoms with Gasteiger partial charge >= 0.3 is 0 Å². The maximum absolute atomic E-state index is 2.63. The molecule has 0 fully saturated rings. The van der Waals surface area contributed by atoms with E-state index in [2.05, 4.69) is 206 Å². The van der Waals surface area contributed by atoms with Crippen LogP contribution in [0.3, 0.4) is 0 Å². The number of rotatable bonds is 3. The van der Waals surface area contributed by atoms with E-state index in [1.165, 1.54) is 101 Å². The van der Waals surface area contributed by atoms with E-state index in [-0.39, 0.29) is 6.71 Å². The molecule has 55 heavy (non-hydrogen) atoms. The highest BCUT2D eigenvalue weighted by molar-refractivity contribution is 7.00. The highest BCUT2D eigenvalue weighted by Gasteiger charge is 2.53. The normalized spacial score (nSPS) is 14.6. The van der Waals surface area contributed by atoms with Gasteiger partial charge in [0.2, 0.25) is 0 Å². The SMILES string of the molecule is CC(C)c1ccc2c(c1)N(c1ccccc1)c1cccc3c1B2c1cc2c(cc1N3c1ccccc1)-c1ccccc1C21c2ccccc2-c2ccccc21. The average Bonchev–Trinajstić information content (AvgIpc) is 3.70. The molecule has 12 rings (SSSR count). The molecule has 0 amide bonds. The minimum Gasteiger partial charge on any atom is -0.311 e. The van der Waals surface area contributed by atoms with E-state index in [9.17, 15) is 0 Å². The smallest absolute Gasteiger partial charge is 0.252 e. The molecular formula is C52H37BN2. The molecular weight excluding hydrogens is 663 g/mol. The van der Waals surface area contributed by atoms with Crippen molar-refractivity contribution < 1.29 is 0 Å². The zero-order valence-corrected chi connectivity index (χ0v) is 30.9. The first kappa shape index (κ1) is 30.8. The summed E-state index contributed by atoms with van der Waals surface area (Å²) in [6.45, 7) is 4.64. The van der Waals surface area contributed by atoms with Crippen LogP contribution < -0.4 is 26.2 Å². The molecule has 8 aromatic carbocycles. The molecule has 4 aliphatic rings. The molecule has 0 N–H and O–H groups in total. The van der Waals surface area contributed by atoms with E-state index in [4.69, 9.17) is 0 Å². The van der Waals surface area contributed by atoms with Crippen molar-refractivity contribution in [3.05, 3.63) is 210 Å². The van der Waals surface area contributed by atoms with E-state index < -0.39 is 5.41 Å². The van der Waals surface area contributed by atoms with Crippen LogP contribution in [0.1, 0.15) is 47.6 Å². The summed E-state index contributed by atoms with van der Waals surface area (Å²) in [5.41, 5.74) is 23.1. The van der Waals surface area contributed by atoms with E-state index in [0.717, 1.165) is 0 Å². The Morgan fingerprint density at radius 1 is 0.400 bits per heavy atom. The summed E-state index contributed by atoms with van der Waals surface area (Å²) in [6, 6.07) is 68.7. The molecule has 2 nitrogen and oxygen atoms in total. The second kappa shape index (κ2) is 11.2. The Hall–Kier alpha value is -6.58. The third kappa shape index (κ3) is 3.95. The van der Waals surface area contributed by atoms with Crippen molar-refractivity contribution in [3.8, 4) is 22.3 Å². The lowest BCUT2D eigenvalue weighted by Crippen LogP contribution is -2.61. The van der Waals surface area contributed by atoms with E-state index in [1.54, 1.807) is 0 Å². The first-order valence-electron chi connectivity index (χ1n) is 19.6. The Bertz CT molecular complexity index is 2830. The van der Waals surface area contributed by atoms with Crippen LogP contribution in [0.5, 0.6) is 0 Å². The Morgan fingerprint density at radius 3 is 1.44 bits per heavy atom. The molecule has 0 saturated heterocycles. The zero-order chi connectivity index (χ0) is 36.4. The largest absolute Gasteiger partial charge is 0.311 e. The number of hydrogen-bond donors (Lipinski definition) is 0. The fourth-order valence-electron chi connectivity index (χ4n) is 10.6. The van der Waals surface area contributed by atoms with Crippen LogP contribution in [-0.4, -0.2) is 6.71 Å². The molecule has 0 atom stereocenters. The summed E-state index contributed by atoms with van der Waals surface area (Å²) in [5, 5.41) is 0. The second-order valence-electron chi connectivity index (χ2n) is 15.8. The molecule has 2 aliphatic heterocycles. The number of nitrogens with zero attached hydrogens (tertiary/aromatic N) is 2. The van der Waals surface area contributed by atoms with Gasteiger partial charge < -0.3 is 9.80 Å². The highest BCUT2D eigenvalue weighted by atomic mass is 15.2.